The van der Waals surface area contributed by atoms with Crippen LogP contribution in [-0.4, -0.2) is 28.4 Å². The highest BCUT2D eigenvalue weighted by atomic mass is 32.2. The van der Waals surface area contributed by atoms with E-state index in [4.69, 9.17) is 10.2 Å². The van der Waals surface area contributed by atoms with Gasteiger partial charge in [-0.05, 0) is 44.9 Å². The third-order valence-electron chi connectivity index (χ3n) is 3.53. The molecule has 1 heterocycles. The fourth-order valence-electron chi connectivity index (χ4n) is 2.26. The van der Waals surface area contributed by atoms with Crippen LogP contribution in [0.1, 0.15) is 36.3 Å². The highest BCUT2D eigenvalue weighted by Gasteiger charge is 2.10. The Morgan fingerprint density at radius 3 is 2.83 bits per heavy atom. The highest BCUT2D eigenvalue weighted by molar-refractivity contribution is 7.99. The van der Waals surface area contributed by atoms with Crippen molar-refractivity contribution in [3.8, 4) is 0 Å². The maximum atomic E-state index is 12.0. The van der Waals surface area contributed by atoms with Crippen LogP contribution in [0.3, 0.4) is 0 Å². The molecule has 0 unspecified atom stereocenters. The first-order chi connectivity index (χ1) is 11.6. The molecule has 2 rings (SSSR count). The molecule has 0 aliphatic heterocycles. The molecule has 2 aromatic rings. The summed E-state index contributed by atoms with van der Waals surface area (Å²) in [5.74, 6) is 0.765. The zero-order chi connectivity index (χ0) is 17.4. The molecule has 130 valence electrons. The summed E-state index contributed by atoms with van der Waals surface area (Å²) in [5, 5.41) is 11.3. The Hall–Kier alpha value is -1.86. The molecule has 0 fully saturated rings. The summed E-state index contributed by atoms with van der Waals surface area (Å²) >= 11 is 1.25. The summed E-state index contributed by atoms with van der Waals surface area (Å²) in [4.78, 5) is 12.0. The van der Waals surface area contributed by atoms with Crippen LogP contribution in [0.4, 0.5) is 5.69 Å². The number of hydrogen-bond donors (Lipinski definition) is 2. The van der Waals surface area contributed by atoms with Gasteiger partial charge in [-0.3, -0.25) is 4.79 Å². The molecule has 1 amide bonds. The van der Waals surface area contributed by atoms with Crippen molar-refractivity contribution in [2.45, 2.75) is 44.8 Å². The monoisotopic (exact) mass is 348 g/mol. The Bertz CT molecular complexity index is 672. The van der Waals surface area contributed by atoms with E-state index in [2.05, 4.69) is 15.5 Å². The summed E-state index contributed by atoms with van der Waals surface area (Å²) in [7, 11) is 0. The molecule has 3 N–H and O–H groups in total. The lowest BCUT2D eigenvalue weighted by atomic mass is 10.1. The van der Waals surface area contributed by atoms with Gasteiger partial charge in [0.2, 0.25) is 11.8 Å². The summed E-state index contributed by atoms with van der Waals surface area (Å²) in [6, 6.07) is 5.93. The van der Waals surface area contributed by atoms with Crippen molar-refractivity contribution >= 4 is 23.4 Å². The molecule has 0 spiro atoms. The van der Waals surface area contributed by atoms with Gasteiger partial charge >= 0.3 is 0 Å². The van der Waals surface area contributed by atoms with Gasteiger partial charge in [0.15, 0.2) is 0 Å². The molecule has 7 heteroatoms. The number of nitrogens with one attached hydrogen (secondary N) is 1. The van der Waals surface area contributed by atoms with Crippen molar-refractivity contribution < 1.29 is 9.21 Å². The van der Waals surface area contributed by atoms with Crippen molar-refractivity contribution in [3.63, 3.8) is 0 Å². The lowest BCUT2D eigenvalue weighted by Crippen LogP contribution is -2.14. The minimum Gasteiger partial charge on any atom is -0.416 e. The smallest absolute Gasteiger partial charge is 0.277 e. The molecular weight excluding hydrogens is 324 g/mol. The number of nitrogens with zero attached hydrogens (tertiary/aromatic N) is 2. The fourth-order valence-corrected chi connectivity index (χ4v) is 2.84. The van der Waals surface area contributed by atoms with Crippen LogP contribution in [0.5, 0.6) is 0 Å². The zero-order valence-corrected chi connectivity index (χ0v) is 15.0. The second kappa shape index (κ2) is 9.44. The van der Waals surface area contributed by atoms with Crippen LogP contribution in [0.2, 0.25) is 0 Å². The maximum Gasteiger partial charge on any atom is 0.277 e. The van der Waals surface area contributed by atoms with E-state index in [0.717, 1.165) is 36.9 Å². The van der Waals surface area contributed by atoms with Gasteiger partial charge in [-0.2, -0.15) is 0 Å². The van der Waals surface area contributed by atoms with Gasteiger partial charge in [-0.25, -0.2) is 0 Å². The van der Waals surface area contributed by atoms with Crippen molar-refractivity contribution in [1.29, 1.82) is 0 Å². The predicted octanol–water partition coefficient (Wildman–Crippen LogP) is 3.09. The van der Waals surface area contributed by atoms with Crippen LogP contribution in [0.25, 0.3) is 0 Å². The molecule has 0 bridgehead atoms. The number of carbonyl (C=O) groups excluding carboxylic acids is 1. The Morgan fingerprint density at radius 1 is 1.25 bits per heavy atom. The molecule has 0 aliphatic rings. The number of anilines is 1. The third kappa shape index (κ3) is 5.98. The molecule has 0 saturated carbocycles. The van der Waals surface area contributed by atoms with Gasteiger partial charge in [-0.15, -0.1) is 10.2 Å². The Morgan fingerprint density at radius 2 is 2.08 bits per heavy atom. The molecule has 0 radical (unpaired) electrons. The van der Waals surface area contributed by atoms with Crippen LogP contribution in [0.15, 0.2) is 27.8 Å². The van der Waals surface area contributed by atoms with Gasteiger partial charge in [-0.1, -0.05) is 35.9 Å². The van der Waals surface area contributed by atoms with Crippen molar-refractivity contribution in [2.75, 3.05) is 17.6 Å². The number of thioether (sulfide) groups is 1. The lowest BCUT2D eigenvalue weighted by molar-refractivity contribution is -0.113. The predicted molar refractivity (Wildman–Crippen MR) is 96.2 cm³/mol. The highest BCUT2D eigenvalue weighted by Crippen LogP contribution is 2.19. The minimum atomic E-state index is -0.0883. The first-order valence-corrected chi connectivity index (χ1v) is 9.09. The topological polar surface area (TPSA) is 94.0 Å². The molecule has 1 aromatic heterocycles. The third-order valence-corrected chi connectivity index (χ3v) is 4.34. The summed E-state index contributed by atoms with van der Waals surface area (Å²) in [6.07, 6.45) is 3.80. The number of nitrogens with two attached hydrogens (primary N) is 1. The fraction of sp³-hybridized carbons (Fsp3) is 0.471. The molecular formula is C17H24N4O2S. The Kier molecular flexibility index (Phi) is 7.27. The number of rotatable bonds is 9. The SMILES string of the molecule is Cc1ccc(NC(=O)CSc2nnc(CCCCCN)o2)c(C)c1. The molecule has 0 saturated heterocycles. The van der Waals surface area contributed by atoms with Gasteiger partial charge in [0, 0.05) is 12.1 Å². The summed E-state index contributed by atoms with van der Waals surface area (Å²) in [5.41, 5.74) is 8.51. The van der Waals surface area contributed by atoms with Crippen LogP contribution in [-0.2, 0) is 11.2 Å². The van der Waals surface area contributed by atoms with E-state index in [1.807, 2.05) is 32.0 Å². The van der Waals surface area contributed by atoms with E-state index in [0.29, 0.717) is 17.7 Å². The number of amides is 1. The first-order valence-electron chi connectivity index (χ1n) is 8.11. The number of unbranched alkanes of at least 4 members (excludes halogenated alkanes) is 2. The number of hydrogen-bond acceptors (Lipinski definition) is 6. The molecule has 24 heavy (non-hydrogen) atoms. The van der Waals surface area contributed by atoms with Gasteiger partial charge in [0.1, 0.15) is 0 Å². The van der Waals surface area contributed by atoms with E-state index in [1.165, 1.54) is 17.3 Å². The molecule has 0 aliphatic carbocycles. The largest absolute Gasteiger partial charge is 0.416 e. The van der Waals surface area contributed by atoms with Crippen LogP contribution in [0, 0.1) is 13.8 Å². The van der Waals surface area contributed by atoms with Crippen molar-refractivity contribution in [2.24, 2.45) is 5.73 Å². The van der Waals surface area contributed by atoms with E-state index in [1.54, 1.807) is 0 Å². The lowest BCUT2D eigenvalue weighted by Gasteiger charge is -2.08. The summed E-state index contributed by atoms with van der Waals surface area (Å²) < 4.78 is 5.53. The number of benzene rings is 1. The molecule has 6 nitrogen and oxygen atoms in total. The Labute approximate surface area is 146 Å². The minimum absolute atomic E-state index is 0.0883. The van der Waals surface area contributed by atoms with E-state index in [-0.39, 0.29) is 11.7 Å². The first kappa shape index (κ1) is 18.5. The zero-order valence-electron chi connectivity index (χ0n) is 14.2. The number of carbonyl (C=O) groups is 1. The average Bonchev–Trinajstić information content (AvgIpc) is 3.00. The van der Waals surface area contributed by atoms with Crippen molar-refractivity contribution in [3.05, 3.63) is 35.2 Å². The van der Waals surface area contributed by atoms with Gasteiger partial charge < -0.3 is 15.5 Å². The van der Waals surface area contributed by atoms with E-state index >= 15 is 0 Å². The quantitative estimate of drug-likeness (QED) is 0.534. The molecule has 0 atom stereocenters. The van der Waals surface area contributed by atoms with E-state index < -0.39 is 0 Å². The summed E-state index contributed by atoms with van der Waals surface area (Å²) in [6.45, 7) is 4.71. The number of aryl methyl sites for hydroxylation is 3. The van der Waals surface area contributed by atoms with Gasteiger partial charge in [0.25, 0.3) is 5.22 Å². The van der Waals surface area contributed by atoms with Gasteiger partial charge in [0.05, 0.1) is 5.75 Å². The van der Waals surface area contributed by atoms with Crippen molar-refractivity contribution in [1.82, 2.24) is 10.2 Å². The normalized spacial score (nSPS) is 10.8. The second-order valence-corrected chi connectivity index (χ2v) is 6.64. The van der Waals surface area contributed by atoms with Crippen LogP contribution >= 0.6 is 11.8 Å². The second-order valence-electron chi connectivity index (χ2n) is 5.72. The number of aromatic nitrogens is 2. The standard InChI is InChI=1S/C17H24N4O2S/c1-12-7-8-14(13(2)10-12)19-15(22)11-24-17-21-20-16(23-17)6-4-3-5-9-18/h7-8,10H,3-6,9,11,18H2,1-2H3,(H,19,22). The Balaban J connectivity index is 1.76. The molecule has 1 aromatic carbocycles. The average molecular weight is 348 g/mol. The van der Waals surface area contributed by atoms with Crippen LogP contribution < -0.4 is 11.1 Å². The van der Waals surface area contributed by atoms with E-state index in [9.17, 15) is 4.79 Å². The maximum absolute atomic E-state index is 12.0.